The van der Waals surface area contributed by atoms with E-state index in [0.29, 0.717) is 32.0 Å². The molecule has 3 aromatic carbocycles. The molecule has 3 aromatic rings. The van der Waals surface area contributed by atoms with E-state index in [1.165, 1.54) is 0 Å². The molecule has 0 amide bonds. The molecule has 0 spiro atoms. The van der Waals surface area contributed by atoms with Gasteiger partial charge in [0.1, 0.15) is 35.4 Å². The zero-order valence-electron chi connectivity index (χ0n) is 14.3. The van der Waals surface area contributed by atoms with Crippen molar-refractivity contribution in [3.8, 4) is 24.3 Å². The monoisotopic (exact) mass is 332 g/mol. The Hall–Kier alpha value is -4.12. The Morgan fingerprint density at radius 1 is 0.615 bits per heavy atom. The minimum atomic E-state index is 0.0106. The van der Waals surface area contributed by atoms with Gasteiger partial charge in [-0.2, -0.15) is 21.0 Å². The van der Waals surface area contributed by atoms with Gasteiger partial charge in [0.15, 0.2) is 0 Å². The van der Waals surface area contributed by atoms with Gasteiger partial charge in [0.2, 0.25) is 0 Å². The maximum absolute atomic E-state index is 9.47. The molecule has 4 heteroatoms. The van der Waals surface area contributed by atoms with Crippen LogP contribution >= 0.6 is 0 Å². The molecule has 4 nitrogen and oxygen atoms in total. The van der Waals surface area contributed by atoms with Gasteiger partial charge in [-0.1, -0.05) is 36.4 Å². The lowest BCUT2D eigenvalue weighted by molar-refractivity contribution is 1.36. The highest BCUT2D eigenvalue weighted by molar-refractivity contribution is 6.06. The maximum Gasteiger partial charge on any atom is 0.138 e. The van der Waals surface area contributed by atoms with Gasteiger partial charge in [0.05, 0.1) is 0 Å². The van der Waals surface area contributed by atoms with Crippen molar-refractivity contribution in [2.24, 2.45) is 0 Å². The molecule has 0 N–H and O–H groups in total. The van der Waals surface area contributed by atoms with Crippen molar-refractivity contribution in [2.75, 3.05) is 0 Å². The first-order valence-electron chi connectivity index (χ1n) is 7.88. The molecule has 0 aliphatic rings. The molecule has 0 heterocycles. The van der Waals surface area contributed by atoms with Crippen LogP contribution in [0.2, 0.25) is 0 Å². The summed E-state index contributed by atoms with van der Waals surface area (Å²) in [6.45, 7) is 3.90. The van der Waals surface area contributed by atoms with Crippen LogP contribution in [0.1, 0.15) is 11.1 Å². The highest BCUT2D eigenvalue weighted by Crippen LogP contribution is 2.20. The summed E-state index contributed by atoms with van der Waals surface area (Å²) in [5.74, 6) is 0. The predicted octanol–water partition coefficient (Wildman–Crippen LogP) is 3.01. The second-order valence-corrected chi connectivity index (χ2v) is 5.97. The van der Waals surface area contributed by atoms with Crippen LogP contribution in [-0.2, 0) is 0 Å². The molecular weight excluding hydrogens is 320 g/mol. The van der Waals surface area contributed by atoms with E-state index in [9.17, 15) is 21.0 Å². The highest BCUT2D eigenvalue weighted by Gasteiger charge is 2.13. The normalized spacial score (nSPS) is 9.77. The molecule has 0 bridgehead atoms. The van der Waals surface area contributed by atoms with Crippen LogP contribution in [0.5, 0.6) is 0 Å². The van der Waals surface area contributed by atoms with Crippen molar-refractivity contribution < 1.29 is 0 Å². The molecule has 0 unspecified atom stereocenters. The van der Waals surface area contributed by atoms with E-state index in [1.54, 1.807) is 0 Å². The van der Waals surface area contributed by atoms with Gasteiger partial charge < -0.3 is 0 Å². The zero-order chi connectivity index (χ0) is 18.8. The second-order valence-electron chi connectivity index (χ2n) is 5.97. The van der Waals surface area contributed by atoms with Gasteiger partial charge in [-0.3, -0.25) is 0 Å². The van der Waals surface area contributed by atoms with E-state index in [2.05, 4.69) is 0 Å². The summed E-state index contributed by atoms with van der Waals surface area (Å²) in [5, 5.41) is 41.7. The number of hydrogen-bond acceptors (Lipinski definition) is 4. The SMILES string of the molecule is Cc1cc2c(=C(C#N)C#N)c3ccccc3c(=C(C#N)C#N)c2cc1C. The summed E-state index contributed by atoms with van der Waals surface area (Å²) in [7, 11) is 0. The van der Waals surface area contributed by atoms with E-state index < -0.39 is 0 Å². The number of fused-ring (bicyclic) bond motifs is 2. The van der Waals surface area contributed by atoms with Crippen LogP contribution in [0.3, 0.4) is 0 Å². The number of rotatable bonds is 0. The molecule has 26 heavy (non-hydrogen) atoms. The third-order valence-corrected chi connectivity index (χ3v) is 4.59. The van der Waals surface area contributed by atoms with Crippen molar-refractivity contribution >= 4 is 32.7 Å². The van der Waals surface area contributed by atoms with Gasteiger partial charge in [0, 0.05) is 10.4 Å². The fourth-order valence-electron chi connectivity index (χ4n) is 3.25. The van der Waals surface area contributed by atoms with Crippen molar-refractivity contribution in [1.29, 1.82) is 21.0 Å². The fraction of sp³-hybridized carbons (Fsp3) is 0.0909. The Balaban J connectivity index is 2.98. The van der Waals surface area contributed by atoms with Gasteiger partial charge in [-0.05, 0) is 46.5 Å². The quantitative estimate of drug-likeness (QED) is 0.591. The zero-order valence-corrected chi connectivity index (χ0v) is 14.3. The van der Waals surface area contributed by atoms with Crippen LogP contribution < -0.4 is 10.4 Å². The molecule has 0 atom stereocenters. The number of aryl methyl sites for hydroxylation is 2. The van der Waals surface area contributed by atoms with Crippen LogP contribution in [0.25, 0.3) is 32.7 Å². The average molecular weight is 332 g/mol. The Morgan fingerprint density at radius 2 is 0.962 bits per heavy atom. The summed E-state index contributed by atoms with van der Waals surface area (Å²) >= 11 is 0. The Kier molecular flexibility index (Phi) is 4.12. The van der Waals surface area contributed by atoms with Gasteiger partial charge >= 0.3 is 0 Å². The Morgan fingerprint density at radius 3 is 1.27 bits per heavy atom. The third-order valence-electron chi connectivity index (χ3n) is 4.59. The molecule has 0 saturated heterocycles. The number of benzene rings is 3. The molecule has 0 saturated carbocycles. The molecule has 0 fully saturated rings. The van der Waals surface area contributed by atoms with E-state index in [-0.39, 0.29) is 11.1 Å². The predicted molar refractivity (Wildman–Crippen MR) is 99.4 cm³/mol. The summed E-state index contributed by atoms with van der Waals surface area (Å²) in [6, 6.07) is 19.0. The first-order chi connectivity index (χ1) is 12.6. The number of hydrogen-bond donors (Lipinski definition) is 0. The lowest BCUT2D eigenvalue weighted by Gasteiger charge is -2.10. The molecule has 120 valence electrons. The smallest absolute Gasteiger partial charge is 0.138 e. The molecule has 0 radical (unpaired) electrons. The van der Waals surface area contributed by atoms with Gasteiger partial charge in [-0.15, -0.1) is 0 Å². The van der Waals surface area contributed by atoms with Crippen LogP contribution in [0, 0.1) is 59.2 Å². The van der Waals surface area contributed by atoms with Gasteiger partial charge in [0.25, 0.3) is 0 Å². The first kappa shape index (κ1) is 16.7. The minimum absolute atomic E-state index is 0.0106. The highest BCUT2D eigenvalue weighted by atomic mass is 14.3. The van der Waals surface area contributed by atoms with E-state index in [4.69, 9.17) is 0 Å². The van der Waals surface area contributed by atoms with Crippen molar-refractivity contribution in [1.82, 2.24) is 0 Å². The van der Waals surface area contributed by atoms with Crippen LogP contribution in [0.15, 0.2) is 36.4 Å². The largest absolute Gasteiger partial charge is 0.192 e. The first-order valence-corrected chi connectivity index (χ1v) is 7.88. The van der Waals surface area contributed by atoms with E-state index in [0.717, 1.165) is 11.1 Å². The average Bonchev–Trinajstić information content (AvgIpc) is 2.66. The maximum atomic E-state index is 9.47. The number of nitrogens with zero attached hydrogens (tertiary/aromatic N) is 4. The Labute approximate surface area is 150 Å². The second kappa shape index (κ2) is 6.41. The van der Waals surface area contributed by atoms with Crippen molar-refractivity contribution in [3.05, 3.63) is 58.0 Å². The molecular formula is C22H12N4. The Bertz CT molecular complexity index is 1240. The van der Waals surface area contributed by atoms with Crippen LogP contribution in [0.4, 0.5) is 0 Å². The summed E-state index contributed by atoms with van der Waals surface area (Å²) in [6.07, 6.45) is 0. The van der Waals surface area contributed by atoms with Crippen LogP contribution in [-0.4, -0.2) is 0 Å². The van der Waals surface area contributed by atoms with Gasteiger partial charge in [-0.25, -0.2) is 0 Å². The lowest BCUT2D eigenvalue weighted by atomic mass is 9.91. The lowest BCUT2D eigenvalue weighted by Crippen LogP contribution is -2.19. The fourth-order valence-corrected chi connectivity index (χ4v) is 3.25. The van der Waals surface area contributed by atoms with Crippen molar-refractivity contribution in [2.45, 2.75) is 13.8 Å². The molecule has 0 aromatic heterocycles. The number of nitriles is 4. The molecule has 0 aliphatic carbocycles. The molecule has 0 aliphatic heterocycles. The van der Waals surface area contributed by atoms with Crippen molar-refractivity contribution in [3.63, 3.8) is 0 Å². The minimum Gasteiger partial charge on any atom is -0.192 e. The van der Waals surface area contributed by atoms with E-state index in [1.807, 2.05) is 74.5 Å². The molecule has 3 rings (SSSR count). The van der Waals surface area contributed by atoms with E-state index >= 15 is 0 Å². The third kappa shape index (κ3) is 2.35. The standard InChI is InChI=1S/C22H12N4/c1-13-7-19-20(8-14(13)2)22(16(11-25)12-26)18-6-4-3-5-17(18)21(19)15(9-23)10-24/h3-8H,1-2H3. The summed E-state index contributed by atoms with van der Waals surface area (Å²) in [4.78, 5) is 0. The topological polar surface area (TPSA) is 95.2 Å². The summed E-state index contributed by atoms with van der Waals surface area (Å²) < 4.78 is 0. The summed E-state index contributed by atoms with van der Waals surface area (Å²) in [5.41, 5.74) is 2.03.